The van der Waals surface area contributed by atoms with E-state index >= 15 is 0 Å². The third-order valence-corrected chi connectivity index (χ3v) is 4.99. The number of rotatable bonds is 2. The number of hydrogen-bond acceptors (Lipinski definition) is 4. The average Bonchev–Trinajstić information content (AvgIpc) is 2.48. The topological polar surface area (TPSA) is 78.4 Å². The Kier molecular flexibility index (Phi) is 4.17. The first kappa shape index (κ1) is 14.4. The average molecular weight is 306 g/mol. The van der Waals surface area contributed by atoms with Gasteiger partial charge in [-0.1, -0.05) is 12.8 Å². The van der Waals surface area contributed by atoms with Crippen LogP contribution in [-0.4, -0.2) is 34.8 Å². The molecular weight excluding hydrogens is 288 g/mol. The Morgan fingerprint density at radius 1 is 1.33 bits per heavy atom. The number of nitrogens with one attached hydrogen (secondary N) is 2. The van der Waals surface area contributed by atoms with Crippen molar-refractivity contribution in [2.24, 2.45) is 0 Å². The standard InChI is InChI=1S/C15H18N2O3S/c18-12-4-2-1-3-10(12)17-15(20)9-5-6-13-11(7-9)16-14(19)8-21-13/h5-7,10,12,18H,1-4,8H2,(H,16,19)(H,17,20)/t10-,12-/m0/s1. The van der Waals surface area contributed by atoms with Gasteiger partial charge in [0.25, 0.3) is 5.91 Å². The van der Waals surface area contributed by atoms with Crippen LogP contribution in [0.1, 0.15) is 36.0 Å². The van der Waals surface area contributed by atoms with Crippen molar-refractivity contribution in [2.75, 3.05) is 11.1 Å². The summed E-state index contributed by atoms with van der Waals surface area (Å²) in [6, 6.07) is 5.13. The summed E-state index contributed by atoms with van der Waals surface area (Å²) in [5, 5.41) is 15.6. The molecule has 6 heteroatoms. The van der Waals surface area contributed by atoms with E-state index in [1.54, 1.807) is 12.1 Å². The van der Waals surface area contributed by atoms with Crippen molar-refractivity contribution in [1.29, 1.82) is 0 Å². The molecule has 3 rings (SSSR count). The summed E-state index contributed by atoms with van der Waals surface area (Å²) in [6.07, 6.45) is 3.12. The van der Waals surface area contributed by atoms with E-state index in [2.05, 4.69) is 10.6 Å². The van der Waals surface area contributed by atoms with E-state index in [-0.39, 0.29) is 17.9 Å². The molecule has 1 saturated carbocycles. The van der Waals surface area contributed by atoms with Crippen LogP contribution < -0.4 is 10.6 Å². The van der Waals surface area contributed by atoms with Gasteiger partial charge in [-0.25, -0.2) is 0 Å². The molecule has 1 fully saturated rings. The minimum atomic E-state index is -0.462. The summed E-state index contributed by atoms with van der Waals surface area (Å²) >= 11 is 1.47. The van der Waals surface area contributed by atoms with Crippen LogP contribution in [0.2, 0.25) is 0 Å². The Morgan fingerprint density at radius 2 is 2.14 bits per heavy atom. The van der Waals surface area contributed by atoms with Gasteiger partial charge in [0.2, 0.25) is 5.91 Å². The van der Waals surface area contributed by atoms with Crippen molar-refractivity contribution in [1.82, 2.24) is 5.32 Å². The molecule has 112 valence electrons. The molecule has 1 aliphatic carbocycles. The summed E-state index contributed by atoms with van der Waals surface area (Å²) in [5.74, 6) is 0.161. The second kappa shape index (κ2) is 6.07. The molecule has 1 aliphatic heterocycles. The lowest BCUT2D eigenvalue weighted by Gasteiger charge is -2.28. The molecule has 2 aliphatic rings. The molecular formula is C15H18N2O3S. The normalized spacial score (nSPS) is 24.9. The second-order valence-corrected chi connectivity index (χ2v) is 6.50. The van der Waals surface area contributed by atoms with E-state index in [0.717, 1.165) is 30.6 Å². The molecule has 0 unspecified atom stereocenters. The quantitative estimate of drug-likeness (QED) is 0.778. The maximum Gasteiger partial charge on any atom is 0.251 e. The third kappa shape index (κ3) is 3.22. The maximum absolute atomic E-state index is 12.3. The van der Waals surface area contributed by atoms with Gasteiger partial charge < -0.3 is 15.7 Å². The number of aliphatic hydroxyl groups is 1. The number of benzene rings is 1. The molecule has 2 amide bonds. The van der Waals surface area contributed by atoms with Crippen LogP contribution in [0.5, 0.6) is 0 Å². The highest BCUT2D eigenvalue weighted by Gasteiger charge is 2.25. The van der Waals surface area contributed by atoms with Gasteiger partial charge >= 0.3 is 0 Å². The first-order valence-corrected chi connectivity index (χ1v) is 8.17. The molecule has 1 aromatic carbocycles. The molecule has 0 bridgehead atoms. The summed E-state index contributed by atoms with van der Waals surface area (Å²) in [6.45, 7) is 0. The number of carbonyl (C=O) groups excluding carboxylic acids is 2. The van der Waals surface area contributed by atoms with Crippen LogP contribution in [0.15, 0.2) is 23.1 Å². The first-order chi connectivity index (χ1) is 10.1. The number of amides is 2. The monoisotopic (exact) mass is 306 g/mol. The van der Waals surface area contributed by atoms with Gasteiger partial charge in [0.1, 0.15) is 0 Å². The Hall–Kier alpha value is -1.53. The van der Waals surface area contributed by atoms with Gasteiger partial charge in [-0.15, -0.1) is 11.8 Å². The molecule has 2 atom stereocenters. The Balaban J connectivity index is 1.72. The number of aliphatic hydroxyl groups excluding tert-OH is 1. The highest BCUT2D eigenvalue weighted by atomic mass is 32.2. The predicted octanol–water partition coefficient (Wildman–Crippen LogP) is 1.76. The van der Waals surface area contributed by atoms with Gasteiger partial charge in [0, 0.05) is 10.5 Å². The number of carbonyl (C=O) groups is 2. The molecule has 1 heterocycles. The molecule has 0 radical (unpaired) electrons. The van der Waals surface area contributed by atoms with E-state index in [0.29, 0.717) is 17.0 Å². The Bertz CT molecular complexity index is 576. The molecule has 3 N–H and O–H groups in total. The first-order valence-electron chi connectivity index (χ1n) is 7.19. The van der Waals surface area contributed by atoms with Crippen molar-refractivity contribution >= 4 is 29.3 Å². The van der Waals surface area contributed by atoms with Gasteiger partial charge in [-0.3, -0.25) is 9.59 Å². The molecule has 0 spiro atoms. The molecule has 21 heavy (non-hydrogen) atoms. The lowest BCUT2D eigenvalue weighted by atomic mass is 9.92. The lowest BCUT2D eigenvalue weighted by Crippen LogP contribution is -2.45. The number of thioether (sulfide) groups is 1. The minimum Gasteiger partial charge on any atom is -0.391 e. The maximum atomic E-state index is 12.3. The van der Waals surface area contributed by atoms with Crippen molar-refractivity contribution in [3.8, 4) is 0 Å². The van der Waals surface area contributed by atoms with E-state index in [9.17, 15) is 14.7 Å². The molecule has 1 aromatic rings. The van der Waals surface area contributed by atoms with Crippen LogP contribution in [-0.2, 0) is 4.79 Å². The van der Waals surface area contributed by atoms with Gasteiger partial charge in [-0.05, 0) is 31.0 Å². The fourth-order valence-electron chi connectivity index (χ4n) is 2.76. The fraction of sp³-hybridized carbons (Fsp3) is 0.467. The zero-order valence-corrected chi connectivity index (χ0v) is 12.4. The van der Waals surface area contributed by atoms with Crippen LogP contribution in [0.3, 0.4) is 0 Å². The highest BCUT2D eigenvalue weighted by Crippen LogP contribution is 2.32. The van der Waals surface area contributed by atoms with E-state index in [1.165, 1.54) is 11.8 Å². The summed E-state index contributed by atoms with van der Waals surface area (Å²) in [7, 11) is 0. The van der Waals surface area contributed by atoms with Gasteiger partial charge in [-0.2, -0.15) is 0 Å². The second-order valence-electron chi connectivity index (χ2n) is 5.48. The summed E-state index contributed by atoms with van der Waals surface area (Å²) in [5.41, 5.74) is 1.20. The number of fused-ring (bicyclic) bond motifs is 1. The van der Waals surface area contributed by atoms with E-state index in [4.69, 9.17) is 0 Å². The summed E-state index contributed by atoms with van der Waals surface area (Å²) < 4.78 is 0. The summed E-state index contributed by atoms with van der Waals surface area (Å²) in [4.78, 5) is 24.7. The smallest absolute Gasteiger partial charge is 0.251 e. The SMILES string of the molecule is O=C1CSc2ccc(C(=O)N[C@H]3CCCC[C@@H]3O)cc2N1. The van der Waals surface area contributed by atoms with Crippen LogP contribution in [0.25, 0.3) is 0 Å². The van der Waals surface area contributed by atoms with Crippen LogP contribution in [0, 0.1) is 0 Å². The molecule has 0 aromatic heterocycles. The molecule has 5 nitrogen and oxygen atoms in total. The van der Waals surface area contributed by atoms with E-state index < -0.39 is 6.10 Å². The predicted molar refractivity (Wildman–Crippen MR) is 81.5 cm³/mol. The third-order valence-electron chi connectivity index (χ3n) is 3.92. The van der Waals surface area contributed by atoms with Crippen molar-refractivity contribution in [2.45, 2.75) is 42.7 Å². The number of anilines is 1. The largest absolute Gasteiger partial charge is 0.391 e. The van der Waals surface area contributed by atoms with Crippen LogP contribution in [0.4, 0.5) is 5.69 Å². The van der Waals surface area contributed by atoms with Gasteiger partial charge in [0.15, 0.2) is 0 Å². The highest BCUT2D eigenvalue weighted by molar-refractivity contribution is 8.00. The number of hydrogen-bond donors (Lipinski definition) is 3. The van der Waals surface area contributed by atoms with Crippen molar-refractivity contribution < 1.29 is 14.7 Å². The lowest BCUT2D eigenvalue weighted by molar-refractivity contribution is -0.113. The fourth-order valence-corrected chi connectivity index (χ4v) is 3.54. The molecule has 0 saturated heterocycles. The Labute approximate surface area is 127 Å². The van der Waals surface area contributed by atoms with E-state index in [1.807, 2.05) is 6.07 Å². The Morgan fingerprint density at radius 3 is 2.95 bits per heavy atom. The van der Waals surface area contributed by atoms with Crippen molar-refractivity contribution in [3.63, 3.8) is 0 Å². The minimum absolute atomic E-state index is 0.0484. The zero-order chi connectivity index (χ0) is 14.8. The van der Waals surface area contributed by atoms with Gasteiger partial charge in [0.05, 0.1) is 23.6 Å². The zero-order valence-electron chi connectivity index (χ0n) is 11.6. The van der Waals surface area contributed by atoms with Crippen molar-refractivity contribution in [3.05, 3.63) is 23.8 Å². The van der Waals surface area contributed by atoms with Crippen LogP contribution >= 0.6 is 11.8 Å².